The number of rotatable bonds is 5. The standard InChI is InChI=1S/C15H20N2O5/c18-10-11-5-3-1-2-4-6-12(11)16-9-15(21)22-17-13(19)7-8-14(17)20/h1-2,10-12,16H,3-9H2/b2-1+. The molecule has 0 bridgehead atoms. The first kappa shape index (κ1) is 16.4. The lowest BCUT2D eigenvalue weighted by molar-refractivity contribution is -0.196. The van der Waals surface area contributed by atoms with E-state index in [9.17, 15) is 19.2 Å². The highest BCUT2D eigenvalue weighted by atomic mass is 16.7. The first-order chi connectivity index (χ1) is 10.6. The van der Waals surface area contributed by atoms with Gasteiger partial charge in [-0.05, 0) is 25.7 Å². The summed E-state index contributed by atoms with van der Waals surface area (Å²) in [6.07, 6.45) is 8.33. The van der Waals surface area contributed by atoms with Gasteiger partial charge in [0.25, 0.3) is 11.8 Å². The first-order valence-electron chi connectivity index (χ1n) is 7.52. The Kier molecular flexibility index (Phi) is 5.83. The largest absolute Gasteiger partial charge is 0.346 e. The Hall–Kier alpha value is -2.02. The van der Waals surface area contributed by atoms with Crippen LogP contribution in [0, 0.1) is 5.92 Å². The maximum Gasteiger partial charge on any atom is 0.346 e. The van der Waals surface area contributed by atoms with Gasteiger partial charge >= 0.3 is 5.97 Å². The SMILES string of the molecule is O=CC1CC/C=C/CCC1NCC(=O)ON1C(=O)CCC1=O. The van der Waals surface area contributed by atoms with Crippen molar-refractivity contribution in [2.45, 2.75) is 44.6 Å². The van der Waals surface area contributed by atoms with Gasteiger partial charge in [-0.25, -0.2) is 4.79 Å². The molecule has 0 saturated carbocycles. The van der Waals surface area contributed by atoms with E-state index in [1.54, 1.807) is 0 Å². The van der Waals surface area contributed by atoms with E-state index in [2.05, 4.69) is 17.5 Å². The van der Waals surface area contributed by atoms with Gasteiger partial charge in [-0.15, -0.1) is 5.06 Å². The van der Waals surface area contributed by atoms with Crippen molar-refractivity contribution in [2.75, 3.05) is 6.54 Å². The number of hydroxylamine groups is 2. The van der Waals surface area contributed by atoms with E-state index in [1.807, 2.05) is 0 Å². The molecule has 1 aliphatic heterocycles. The summed E-state index contributed by atoms with van der Waals surface area (Å²) < 4.78 is 0. The number of carbonyl (C=O) groups is 4. The molecule has 1 saturated heterocycles. The lowest BCUT2D eigenvalue weighted by Gasteiger charge is -2.24. The van der Waals surface area contributed by atoms with Crippen LogP contribution in [0.25, 0.3) is 0 Å². The van der Waals surface area contributed by atoms with Crippen LogP contribution in [0.15, 0.2) is 12.2 Å². The highest BCUT2D eigenvalue weighted by Gasteiger charge is 2.33. The number of nitrogens with one attached hydrogen (secondary N) is 1. The zero-order valence-electron chi connectivity index (χ0n) is 12.3. The number of amides is 2. The van der Waals surface area contributed by atoms with E-state index in [1.165, 1.54) is 0 Å². The van der Waals surface area contributed by atoms with Crippen molar-refractivity contribution in [3.63, 3.8) is 0 Å². The molecule has 1 fully saturated rings. The van der Waals surface area contributed by atoms with E-state index in [0.29, 0.717) is 5.06 Å². The van der Waals surface area contributed by atoms with Gasteiger partial charge in [0.15, 0.2) is 0 Å². The lowest BCUT2D eigenvalue weighted by Crippen LogP contribution is -2.42. The molecule has 1 N–H and O–H groups in total. The highest BCUT2D eigenvalue weighted by Crippen LogP contribution is 2.18. The molecular weight excluding hydrogens is 288 g/mol. The van der Waals surface area contributed by atoms with Crippen LogP contribution in [0.2, 0.25) is 0 Å². The van der Waals surface area contributed by atoms with Crippen molar-refractivity contribution in [3.8, 4) is 0 Å². The van der Waals surface area contributed by atoms with Crippen LogP contribution < -0.4 is 5.32 Å². The molecule has 0 aromatic carbocycles. The second-order valence-corrected chi connectivity index (χ2v) is 5.46. The maximum absolute atomic E-state index is 11.7. The summed E-state index contributed by atoms with van der Waals surface area (Å²) in [4.78, 5) is 50.4. The summed E-state index contributed by atoms with van der Waals surface area (Å²) in [6, 6.07) is -0.111. The quantitative estimate of drug-likeness (QED) is 0.451. The Morgan fingerprint density at radius 2 is 1.86 bits per heavy atom. The van der Waals surface area contributed by atoms with E-state index in [-0.39, 0.29) is 31.3 Å². The molecule has 2 atom stereocenters. The van der Waals surface area contributed by atoms with E-state index < -0.39 is 17.8 Å². The van der Waals surface area contributed by atoms with Crippen molar-refractivity contribution in [1.29, 1.82) is 0 Å². The van der Waals surface area contributed by atoms with E-state index >= 15 is 0 Å². The summed E-state index contributed by atoms with van der Waals surface area (Å²) in [7, 11) is 0. The van der Waals surface area contributed by atoms with Crippen molar-refractivity contribution in [2.24, 2.45) is 5.92 Å². The van der Waals surface area contributed by atoms with Gasteiger partial charge < -0.3 is 14.9 Å². The Balaban J connectivity index is 1.83. The maximum atomic E-state index is 11.7. The summed E-state index contributed by atoms with van der Waals surface area (Å²) in [5.74, 6) is -1.86. The Morgan fingerprint density at radius 1 is 1.23 bits per heavy atom. The molecule has 1 heterocycles. The third-order valence-electron chi connectivity index (χ3n) is 3.88. The average molecular weight is 308 g/mol. The summed E-state index contributed by atoms with van der Waals surface area (Å²) in [5.41, 5.74) is 0. The zero-order chi connectivity index (χ0) is 15.9. The smallest absolute Gasteiger partial charge is 0.329 e. The molecule has 22 heavy (non-hydrogen) atoms. The van der Waals surface area contributed by atoms with Crippen molar-refractivity contribution in [3.05, 3.63) is 12.2 Å². The number of carbonyl (C=O) groups excluding carboxylic acids is 4. The summed E-state index contributed by atoms with van der Waals surface area (Å²) in [6.45, 7) is -0.143. The third kappa shape index (κ3) is 4.24. The van der Waals surface area contributed by atoms with Crippen LogP contribution >= 0.6 is 0 Å². The lowest BCUT2D eigenvalue weighted by atomic mass is 9.90. The molecule has 0 aromatic heterocycles. The highest BCUT2D eigenvalue weighted by molar-refractivity contribution is 6.01. The fraction of sp³-hybridized carbons (Fsp3) is 0.600. The minimum Gasteiger partial charge on any atom is -0.329 e. The van der Waals surface area contributed by atoms with E-state index in [0.717, 1.165) is 32.0 Å². The normalized spacial score (nSPS) is 27.2. The van der Waals surface area contributed by atoms with Crippen molar-refractivity contribution >= 4 is 24.1 Å². The van der Waals surface area contributed by atoms with Crippen LogP contribution in [-0.4, -0.2) is 41.7 Å². The summed E-state index contributed by atoms with van der Waals surface area (Å²) >= 11 is 0. The Bertz CT molecular complexity index is 472. The predicted molar refractivity (Wildman–Crippen MR) is 76.1 cm³/mol. The molecule has 2 aliphatic rings. The fourth-order valence-electron chi connectivity index (χ4n) is 2.64. The second kappa shape index (κ2) is 7.84. The first-order valence-corrected chi connectivity index (χ1v) is 7.52. The molecule has 0 aromatic rings. The van der Waals surface area contributed by atoms with Crippen LogP contribution in [0.4, 0.5) is 0 Å². The van der Waals surface area contributed by atoms with Gasteiger partial charge in [0.2, 0.25) is 0 Å². The van der Waals surface area contributed by atoms with Gasteiger partial charge in [-0.3, -0.25) is 9.59 Å². The van der Waals surface area contributed by atoms with Crippen LogP contribution in [0.3, 0.4) is 0 Å². The number of allylic oxidation sites excluding steroid dienone is 2. The Morgan fingerprint density at radius 3 is 2.50 bits per heavy atom. The topological polar surface area (TPSA) is 92.8 Å². The molecule has 120 valence electrons. The van der Waals surface area contributed by atoms with Crippen molar-refractivity contribution < 1.29 is 24.0 Å². The van der Waals surface area contributed by atoms with Gasteiger partial charge in [0.1, 0.15) is 6.29 Å². The minimum atomic E-state index is -0.703. The molecule has 1 aliphatic carbocycles. The monoisotopic (exact) mass is 308 g/mol. The van der Waals surface area contributed by atoms with Gasteiger partial charge in [-0.1, -0.05) is 12.2 Å². The van der Waals surface area contributed by atoms with E-state index in [4.69, 9.17) is 4.84 Å². The number of nitrogens with zero attached hydrogens (tertiary/aromatic N) is 1. The fourth-order valence-corrected chi connectivity index (χ4v) is 2.64. The van der Waals surface area contributed by atoms with Crippen LogP contribution in [0.5, 0.6) is 0 Å². The van der Waals surface area contributed by atoms with Gasteiger partial charge in [0, 0.05) is 24.8 Å². The minimum absolute atomic E-state index is 0.0711. The molecule has 7 heteroatoms. The summed E-state index contributed by atoms with van der Waals surface area (Å²) in [5, 5.41) is 3.53. The molecular formula is C15H20N2O5. The number of hydrogen-bond donors (Lipinski definition) is 1. The number of aldehydes is 1. The molecule has 2 amide bonds. The third-order valence-corrected chi connectivity index (χ3v) is 3.88. The molecule has 2 unspecified atom stereocenters. The molecule has 0 spiro atoms. The zero-order valence-corrected chi connectivity index (χ0v) is 12.3. The van der Waals surface area contributed by atoms with Crippen LogP contribution in [0.1, 0.15) is 38.5 Å². The van der Waals surface area contributed by atoms with Gasteiger partial charge in [-0.2, -0.15) is 0 Å². The second-order valence-electron chi connectivity index (χ2n) is 5.46. The molecule has 2 rings (SSSR count). The molecule has 0 radical (unpaired) electrons. The Labute approximate surface area is 128 Å². The van der Waals surface area contributed by atoms with Crippen molar-refractivity contribution in [1.82, 2.24) is 10.4 Å². The molecule has 7 nitrogen and oxygen atoms in total. The van der Waals surface area contributed by atoms with Crippen LogP contribution in [-0.2, 0) is 24.0 Å². The number of hydrogen-bond acceptors (Lipinski definition) is 6. The van der Waals surface area contributed by atoms with Gasteiger partial charge in [0.05, 0.1) is 6.54 Å². The predicted octanol–water partition coefficient (Wildman–Crippen LogP) is 0.497. The average Bonchev–Trinajstić information content (AvgIpc) is 2.78. The number of imide groups is 1.